The van der Waals surface area contributed by atoms with Crippen LogP contribution < -0.4 is 19.1 Å². The molecule has 140 valence electrons. The topological polar surface area (TPSA) is 45.0 Å². The van der Waals surface area contributed by atoms with E-state index in [2.05, 4.69) is 11.1 Å². The number of benzene rings is 2. The number of ether oxygens (including phenoxy) is 3. The Bertz CT molecular complexity index is 977. The lowest BCUT2D eigenvalue weighted by molar-refractivity contribution is -0.932. The second kappa shape index (κ2) is 7.62. The van der Waals surface area contributed by atoms with Crippen LogP contribution in [0.4, 0.5) is 0 Å². The summed E-state index contributed by atoms with van der Waals surface area (Å²) in [4.78, 5) is 5.82. The minimum atomic E-state index is 0.619. The van der Waals surface area contributed by atoms with Crippen molar-refractivity contribution >= 4 is 22.5 Å². The molecule has 3 aromatic rings. The molecule has 1 atom stereocenters. The Morgan fingerprint density at radius 1 is 1.15 bits per heavy atom. The number of quaternary nitrogens is 1. The van der Waals surface area contributed by atoms with Crippen molar-refractivity contribution in [2.45, 2.75) is 13.0 Å². The van der Waals surface area contributed by atoms with Crippen molar-refractivity contribution in [1.29, 1.82) is 0 Å². The third-order valence-electron chi connectivity index (χ3n) is 4.95. The van der Waals surface area contributed by atoms with Gasteiger partial charge in [0.15, 0.2) is 17.2 Å². The summed E-state index contributed by atoms with van der Waals surface area (Å²) in [7, 11) is 3.30. The first-order valence-corrected chi connectivity index (χ1v) is 9.30. The molecule has 4 rings (SSSR count). The zero-order valence-corrected chi connectivity index (χ0v) is 16.2. The number of fused-ring (bicyclic) bond motifs is 3. The predicted molar refractivity (Wildman–Crippen MR) is 105 cm³/mol. The Morgan fingerprint density at radius 2 is 2.00 bits per heavy atom. The van der Waals surface area contributed by atoms with Gasteiger partial charge >= 0.3 is 0 Å². The number of nitrogens with one attached hydrogen (secondary N) is 1. The van der Waals surface area contributed by atoms with E-state index in [4.69, 9.17) is 25.8 Å². The zero-order valence-electron chi connectivity index (χ0n) is 15.4. The second-order valence-corrected chi connectivity index (χ2v) is 7.06. The van der Waals surface area contributed by atoms with Crippen molar-refractivity contribution < 1.29 is 19.1 Å². The van der Waals surface area contributed by atoms with Crippen LogP contribution in [0, 0.1) is 0 Å². The molecule has 0 aliphatic carbocycles. The molecule has 0 saturated carbocycles. The van der Waals surface area contributed by atoms with E-state index in [1.54, 1.807) is 20.4 Å². The fourth-order valence-corrected chi connectivity index (χ4v) is 3.82. The number of halogens is 1. The van der Waals surface area contributed by atoms with E-state index in [-0.39, 0.29) is 0 Å². The summed E-state index contributed by atoms with van der Waals surface area (Å²) in [5.74, 6) is 2.37. The van der Waals surface area contributed by atoms with Gasteiger partial charge in [0.25, 0.3) is 0 Å². The van der Waals surface area contributed by atoms with E-state index >= 15 is 0 Å². The Morgan fingerprint density at radius 3 is 2.81 bits per heavy atom. The van der Waals surface area contributed by atoms with Gasteiger partial charge in [-0.3, -0.25) is 9.88 Å². The van der Waals surface area contributed by atoms with Gasteiger partial charge in [0.2, 0.25) is 6.73 Å². The van der Waals surface area contributed by atoms with Gasteiger partial charge in [-0.05, 0) is 35.9 Å². The summed E-state index contributed by atoms with van der Waals surface area (Å²) in [5, 5.41) is 1.66. The number of rotatable bonds is 5. The van der Waals surface area contributed by atoms with Gasteiger partial charge in [-0.15, -0.1) is 0 Å². The van der Waals surface area contributed by atoms with Crippen molar-refractivity contribution in [1.82, 2.24) is 4.98 Å². The zero-order chi connectivity index (χ0) is 18.8. The van der Waals surface area contributed by atoms with E-state index in [0.29, 0.717) is 6.73 Å². The van der Waals surface area contributed by atoms with Gasteiger partial charge in [-0.2, -0.15) is 0 Å². The summed E-state index contributed by atoms with van der Waals surface area (Å²) >= 11 is 6.45. The van der Waals surface area contributed by atoms with Crippen molar-refractivity contribution in [3.63, 3.8) is 0 Å². The molecule has 2 aromatic carbocycles. The van der Waals surface area contributed by atoms with Gasteiger partial charge < -0.3 is 14.2 Å². The maximum Gasteiger partial charge on any atom is 0.222 e. The van der Waals surface area contributed by atoms with Crippen molar-refractivity contribution in [2.75, 3.05) is 27.5 Å². The lowest BCUT2D eigenvalue weighted by atomic mass is 10.1. The van der Waals surface area contributed by atoms with Crippen LogP contribution in [0.15, 0.2) is 42.6 Å². The molecule has 0 bridgehead atoms. The van der Waals surface area contributed by atoms with Crippen LogP contribution in [-0.4, -0.2) is 32.5 Å². The number of hydrogen-bond acceptors (Lipinski definition) is 4. The van der Waals surface area contributed by atoms with Crippen LogP contribution in [-0.2, 0) is 13.0 Å². The molecular formula is C21H22ClN2O3+. The Kier molecular flexibility index (Phi) is 5.05. The van der Waals surface area contributed by atoms with E-state index in [1.807, 2.05) is 30.3 Å². The number of pyridine rings is 1. The standard InChI is InChI=1S/C21H21ClN2O3/c1-25-18-6-5-14(10-19(18)26-2)7-9-24-12-15-11-17(22)16-4-3-8-23-20(16)21(15)27-13-24/h3-6,8,10-11H,7,9,12-13H2,1-2H3/p+1. The van der Waals surface area contributed by atoms with Gasteiger partial charge in [-0.25, -0.2) is 0 Å². The maximum absolute atomic E-state index is 6.45. The van der Waals surface area contributed by atoms with Gasteiger partial charge in [0.05, 0.1) is 31.4 Å². The molecule has 0 radical (unpaired) electrons. The van der Waals surface area contributed by atoms with Crippen LogP contribution in [0.2, 0.25) is 5.02 Å². The highest BCUT2D eigenvalue weighted by Gasteiger charge is 2.24. The number of nitrogens with zero attached hydrogens (tertiary/aromatic N) is 1. The van der Waals surface area contributed by atoms with Gasteiger partial charge in [0.1, 0.15) is 12.1 Å². The number of methoxy groups -OCH3 is 2. The average molecular weight is 386 g/mol. The molecule has 0 saturated heterocycles. The molecule has 0 amide bonds. The fraction of sp³-hybridized carbons (Fsp3) is 0.286. The molecule has 2 heterocycles. The molecule has 1 aromatic heterocycles. The van der Waals surface area contributed by atoms with E-state index in [9.17, 15) is 0 Å². The molecule has 6 heteroatoms. The molecule has 5 nitrogen and oxygen atoms in total. The average Bonchev–Trinajstić information content (AvgIpc) is 2.72. The highest BCUT2D eigenvalue weighted by atomic mass is 35.5. The first-order valence-electron chi connectivity index (χ1n) is 8.93. The lowest BCUT2D eigenvalue weighted by Crippen LogP contribution is -3.12. The Balaban J connectivity index is 1.49. The minimum absolute atomic E-state index is 0.619. The molecule has 0 fully saturated rings. The summed E-state index contributed by atoms with van der Waals surface area (Å²) < 4.78 is 16.8. The third-order valence-corrected chi connectivity index (χ3v) is 5.26. The largest absolute Gasteiger partial charge is 0.493 e. The van der Waals surface area contributed by atoms with E-state index in [0.717, 1.165) is 58.2 Å². The van der Waals surface area contributed by atoms with E-state index in [1.165, 1.54) is 10.5 Å². The minimum Gasteiger partial charge on any atom is -0.493 e. The van der Waals surface area contributed by atoms with Gasteiger partial charge in [-0.1, -0.05) is 17.7 Å². The lowest BCUT2D eigenvalue weighted by Gasteiger charge is -2.27. The molecular weight excluding hydrogens is 364 g/mol. The Hall–Kier alpha value is -2.50. The Labute approximate surface area is 163 Å². The first kappa shape index (κ1) is 17.9. The smallest absolute Gasteiger partial charge is 0.222 e. The van der Waals surface area contributed by atoms with Crippen LogP contribution >= 0.6 is 11.6 Å². The van der Waals surface area contributed by atoms with Crippen LogP contribution in [0.5, 0.6) is 17.2 Å². The summed E-state index contributed by atoms with van der Waals surface area (Å²) in [6, 6.07) is 11.9. The molecule has 0 spiro atoms. The number of aromatic nitrogens is 1. The maximum atomic E-state index is 6.45. The predicted octanol–water partition coefficient (Wildman–Crippen LogP) is 2.88. The van der Waals surface area contributed by atoms with Crippen molar-refractivity contribution in [3.05, 3.63) is 58.7 Å². The monoisotopic (exact) mass is 385 g/mol. The number of hydrogen-bond donors (Lipinski definition) is 1. The molecule has 1 unspecified atom stereocenters. The van der Waals surface area contributed by atoms with Crippen LogP contribution in [0.25, 0.3) is 10.9 Å². The normalized spacial score (nSPS) is 15.9. The SMILES string of the molecule is COc1ccc(CC[NH+]2COc3c(cc(Cl)c4cccnc34)C2)cc1OC. The van der Waals surface area contributed by atoms with Crippen molar-refractivity contribution in [2.24, 2.45) is 0 Å². The second-order valence-electron chi connectivity index (χ2n) is 6.65. The summed E-state index contributed by atoms with van der Waals surface area (Å²) in [5.41, 5.74) is 3.17. The first-order chi connectivity index (χ1) is 13.2. The molecule has 1 aliphatic heterocycles. The fourth-order valence-electron chi connectivity index (χ4n) is 3.53. The quantitative estimate of drug-likeness (QED) is 0.733. The van der Waals surface area contributed by atoms with Crippen LogP contribution in [0.3, 0.4) is 0 Å². The third kappa shape index (κ3) is 3.53. The highest BCUT2D eigenvalue weighted by Crippen LogP contribution is 2.34. The van der Waals surface area contributed by atoms with Crippen molar-refractivity contribution in [3.8, 4) is 17.2 Å². The van der Waals surface area contributed by atoms with E-state index < -0.39 is 0 Å². The molecule has 1 aliphatic rings. The highest BCUT2D eigenvalue weighted by molar-refractivity contribution is 6.35. The summed E-state index contributed by atoms with van der Waals surface area (Å²) in [6.45, 7) is 2.44. The van der Waals surface area contributed by atoms with Gasteiger partial charge in [0, 0.05) is 18.0 Å². The van der Waals surface area contributed by atoms with Crippen LogP contribution in [0.1, 0.15) is 11.1 Å². The molecule has 1 N–H and O–H groups in total. The molecule has 27 heavy (non-hydrogen) atoms. The summed E-state index contributed by atoms with van der Waals surface area (Å²) in [6.07, 6.45) is 2.70.